The van der Waals surface area contributed by atoms with E-state index in [1.54, 1.807) is 24.3 Å². The SMILES string of the molecule is CC(C(=O)Nc1ccc(Cl)cn1)N(C)Cc1ccc(Cl)c(Cl)c1. The zero-order valence-electron chi connectivity index (χ0n) is 12.7. The summed E-state index contributed by atoms with van der Waals surface area (Å²) in [5.74, 6) is 0.316. The highest BCUT2D eigenvalue weighted by molar-refractivity contribution is 6.42. The van der Waals surface area contributed by atoms with Crippen LogP contribution < -0.4 is 5.32 Å². The Morgan fingerprint density at radius 1 is 1.22 bits per heavy atom. The summed E-state index contributed by atoms with van der Waals surface area (Å²) >= 11 is 17.7. The van der Waals surface area contributed by atoms with Gasteiger partial charge in [0.25, 0.3) is 0 Å². The molecule has 1 aromatic carbocycles. The van der Waals surface area contributed by atoms with Crippen LogP contribution in [-0.2, 0) is 11.3 Å². The number of carbonyl (C=O) groups is 1. The molecule has 1 amide bonds. The first-order valence-electron chi connectivity index (χ1n) is 6.93. The van der Waals surface area contributed by atoms with Crippen LogP contribution in [0.5, 0.6) is 0 Å². The molecule has 0 fully saturated rings. The molecule has 23 heavy (non-hydrogen) atoms. The quantitative estimate of drug-likeness (QED) is 0.840. The summed E-state index contributed by atoms with van der Waals surface area (Å²) in [5, 5.41) is 4.29. The van der Waals surface area contributed by atoms with E-state index in [1.807, 2.05) is 24.9 Å². The van der Waals surface area contributed by atoms with E-state index in [0.717, 1.165) is 5.56 Å². The van der Waals surface area contributed by atoms with Gasteiger partial charge < -0.3 is 5.32 Å². The van der Waals surface area contributed by atoms with E-state index in [9.17, 15) is 4.79 Å². The molecule has 7 heteroatoms. The average Bonchev–Trinajstić information content (AvgIpc) is 2.52. The van der Waals surface area contributed by atoms with E-state index >= 15 is 0 Å². The van der Waals surface area contributed by atoms with Crippen LogP contribution in [0.4, 0.5) is 5.82 Å². The highest BCUT2D eigenvalue weighted by Gasteiger charge is 2.19. The molecule has 0 saturated carbocycles. The number of hydrogen-bond acceptors (Lipinski definition) is 3. The third kappa shape index (κ3) is 5.08. The number of carbonyl (C=O) groups excluding carboxylic acids is 1. The van der Waals surface area contributed by atoms with Crippen LogP contribution in [-0.4, -0.2) is 28.9 Å². The van der Waals surface area contributed by atoms with Gasteiger partial charge in [-0.1, -0.05) is 40.9 Å². The summed E-state index contributed by atoms with van der Waals surface area (Å²) in [7, 11) is 1.86. The predicted octanol–water partition coefficient (Wildman–Crippen LogP) is 4.50. The van der Waals surface area contributed by atoms with Crippen molar-refractivity contribution in [3.05, 3.63) is 57.2 Å². The number of anilines is 1. The van der Waals surface area contributed by atoms with Crippen molar-refractivity contribution in [1.29, 1.82) is 0 Å². The number of rotatable bonds is 5. The van der Waals surface area contributed by atoms with Crippen molar-refractivity contribution in [2.75, 3.05) is 12.4 Å². The Balaban J connectivity index is 1.97. The van der Waals surface area contributed by atoms with E-state index in [2.05, 4.69) is 10.3 Å². The van der Waals surface area contributed by atoms with Crippen molar-refractivity contribution in [2.24, 2.45) is 0 Å². The molecule has 2 rings (SSSR count). The summed E-state index contributed by atoms with van der Waals surface area (Å²) < 4.78 is 0. The number of hydrogen-bond donors (Lipinski definition) is 1. The van der Waals surface area contributed by atoms with Crippen LogP contribution in [0.1, 0.15) is 12.5 Å². The molecule has 0 spiro atoms. The van der Waals surface area contributed by atoms with E-state index in [4.69, 9.17) is 34.8 Å². The minimum Gasteiger partial charge on any atom is -0.309 e. The van der Waals surface area contributed by atoms with E-state index in [1.165, 1.54) is 6.20 Å². The molecule has 0 aliphatic rings. The second kappa shape index (κ2) is 7.97. The van der Waals surface area contributed by atoms with Crippen LogP contribution in [0.2, 0.25) is 15.1 Å². The lowest BCUT2D eigenvalue weighted by Crippen LogP contribution is -2.39. The molecule has 1 atom stereocenters. The van der Waals surface area contributed by atoms with Gasteiger partial charge in [-0.25, -0.2) is 4.98 Å². The van der Waals surface area contributed by atoms with Crippen molar-refractivity contribution >= 4 is 46.5 Å². The third-order valence-corrected chi connectivity index (χ3v) is 4.40. The maximum atomic E-state index is 12.3. The molecule has 0 radical (unpaired) electrons. The van der Waals surface area contributed by atoms with Crippen molar-refractivity contribution in [3.8, 4) is 0 Å². The molecule has 1 N–H and O–H groups in total. The maximum Gasteiger partial charge on any atom is 0.242 e. The number of amides is 1. The Kier molecular flexibility index (Phi) is 6.25. The normalized spacial score (nSPS) is 12.3. The van der Waals surface area contributed by atoms with Gasteiger partial charge in [-0.05, 0) is 43.8 Å². The first-order chi connectivity index (χ1) is 10.9. The Morgan fingerprint density at radius 2 is 1.96 bits per heavy atom. The van der Waals surface area contributed by atoms with Crippen LogP contribution in [0.3, 0.4) is 0 Å². The number of aromatic nitrogens is 1. The topological polar surface area (TPSA) is 45.2 Å². The van der Waals surface area contributed by atoms with Crippen LogP contribution in [0, 0.1) is 0 Å². The number of nitrogens with one attached hydrogen (secondary N) is 1. The fourth-order valence-electron chi connectivity index (χ4n) is 1.94. The average molecular weight is 373 g/mol. The summed E-state index contributed by atoms with van der Waals surface area (Å²) in [6, 6.07) is 8.42. The van der Waals surface area contributed by atoms with E-state index in [0.29, 0.717) is 27.4 Å². The summed E-state index contributed by atoms with van der Waals surface area (Å²) in [4.78, 5) is 18.2. The van der Waals surface area contributed by atoms with Crippen molar-refractivity contribution in [1.82, 2.24) is 9.88 Å². The van der Waals surface area contributed by atoms with Crippen LogP contribution in [0.15, 0.2) is 36.5 Å². The number of nitrogens with zero attached hydrogens (tertiary/aromatic N) is 2. The standard InChI is InChI=1S/C16H16Cl3N3O/c1-10(16(23)21-15-6-4-12(17)8-20-15)22(2)9-11-3-5-13(18)14(19)7-11/h3-8,10H,9H2,1-2H3,(H,20,21,23). The van der Waals surface area contributed by atoms with Gasteiger partial charge in [0.2, 0.25) is 5.91 Å². The van der Waals surface area contributed by atoms with Crippen molar-refractivity contribution in [3.63, 3.8) is 0 Å². The lowest BCUT2D eigenvalue weighted by Gasteiger charge is -2.24. The predicted molar refractivity (Wildman–Crippen MR) is 95.3 cm³/mol. The molecule has 1 unspecified atom stereocenters. The van der Waals surface area contributed by atoms with Crippen LogP contribution in [0.25, 0.3) is 0 Å². The molecule has 0 aliphatic carbocycles. The Labute approximate surface area is 150 Å². The van der Waals surface area contributed by atoms with Gasteiger partial charge in [0, 0.05) is 12.7 Å². The van der Waals surface area contributed by atoms with E-state index < -0.39 is 0 Å². The van der Waals surface area contributed by atoms with Crippen LogP contribution >= 0.6 is 34.8 Å². The minimum absolute atomic E-state index is 0.151. The second-order valence-electron chi connectivity index (χ2n) is 5.19. The van der Waals surface area contributed by atoms with Gasteiger partial charge in [0.05, 0.1) is 21.1 Å². The maximum absolute atomic E-state index is 12.3. The fourth-order valence-corrected chi connectivity index (χ4v) is 2.38. The smallest absolute Gasteiger partial charge is 0.242 e. The molecule has 1 aromatic heterocycles. The largest absolute Gasteiger partial charge is 0.309 e. The summed E-state index contributed by atoms with van der Waals surface area (Å²) in [6.07, 6.45) is 1.49. The zero-order valence-corrected chi connectivity index (χ0v) is 15.0. The minimum atomic E-state index is -0.345. The Hall–Kier alpha value is -1.33. The highest BCUT2D eigenvalue weighted by Crippen LogP contribution is 2.23. The number of pyridine rings is 1. The number of benzene rings is 1. The first-order valence-corrected chi connectivity index (χ1v) is 8.07. The van der Waals surface area contributed by atoms with Gasteiger partial charge in [0.1, 0.15) is 5.82 Å². The zero-order chi connectivity index (χ0) is 17.0. The molecule has 0 saturated heterocycles. The van der Waals surface area contributed by atoms with Gasteiger partial charge in [0.15, 0.2) is 0 Å². The molecule has 4 nitrogen and oxygen atoms in total. The van der Waals surface area contributed by atoms with Gasteiger partial charge in [-0.3, -0.25) is 9.69 Å². The second-order valence-corrected chi connectivity index (χ2v) is 6.44. The first kappa shape index (κ1) is 18.0. The van der Waals surface area contributed by atoms with Crippen molar-refractivity contribution < 1.29 is 4.79 Å². The van der Waals surface area contributed by atoms with Gasteiger partial charge >= 0.3 is 0 Å². The Morgan fingerprint density at radius 3 is 2.57 bits per heavy atom. The number of halogens is 3. The van der Waals surface area contributed by atoms with E-state index in [-0.39, 0.29) is 11.9 Å². The molecule has 1 heterocycles. The molecular weight excluding hydrogens is 357 g/mol. The monoisotopic (exact) mass is 371 g/mol. The number of likely N-dealkylation sites (N-methyl/N-ethyl adjacent to an activating group) is 1. The third-order valence-electron chi connectivity index (χ3n) is 3.44. The Bertz CT molecular complexity index is 691. The summed E-state index contributed by atoms with van der Waals surface area (Å²) in [6.45, 7) is 2.39. The molecule has 2 aromatic rings. The molecule has 0 bridgehead atoms. The lowest BCUT2D eigenvalue weighted by molar-refractivity contribution is -0.120. The molecule has 122 valence electrons. The van der Waals surface area contributed by atoms with Gasteiger partial charge in [-0.15, -0.1) is 0 Å². The highest BCUT2D eigenvalue weighted by atomic mass is 35.5. The molecular formula is C16H16Cl3N3O. The summed E-state index contributed by atoms with van der Waals surface area (Å²) in [5.41, 5.74) is 0.978. The lowest BCUT2D eigenvalue weighted by atomic mass is 10.2. The molecule has 0 aliphatic heterocycles. The van der Waals surface area contributed by atoms with Crippen molar-refractivity contribution in [2.45, 2.75) is 19.5 Å². The van der Waals surface area contributed by atoms with Gasteiger partial charge in [-0.2, -0.15) is 0 Å². The fraction of sp³-hybridized carbons (Fsp3) is 0.250.